The molecule has 0 saturated carbocycles. The summed E-state index contributed by atoms with van der Waals surface area (Å²) in [4.78, 5) is 12.0. The number of nitrogens with zero attached hydrogens (tertiary/aromatic N) is 2. The van der Waals surface area contributed by atoms with Crippen LogP contribution in [0.25, 0.3) is 0 Å². The van der Waals surface area contributed by atoms with Gasteiger partial charge in [0.05, 0.1) is 11.6 Å². The molecule has 0 aliphatic carbocycles. The van der Waals surface area contributed by atoms with Crippen LogP contribution in [-0.2, 0) is 9.53 Å². The monoisotopic (exact) mass is 184 g/mol. The molecule has 12 heavy (non-hydrogen) atoms. The zero-order valence-corrected chi connectivity index (χ0v) is 6.61. The van der Waals surface area contributed by atoms with Crippen molar-refractivity contribution in [1.29, 1.82) is 0 Å². The maximum Gasteiger partial charge on any atom is 0.373 e. The van der Waals surface area contributed by atoms with Crippen LogP contribution in [0.5, 0.6) is 0 Å². The largest absolute Gasteiger partial charge is 0.475 e. The number of carboxylic acids is 1. The number of carboxylic acid groups (broad SMARTS) is 1. The molecule has 2 heterocycles. The van der Waals surface area contributed by atoms with Crippen molar-refractivity contribution in [3.8, 4) is 0 Å². The fourth-order valence-corrected chi connectivity index (χ4v) is 1.29. The summed E-state index contributed by atoms with van der Waals surface area (Å²) in [5.74, 6) is -0.689. The lowest BCUT2D eigenvalue weighted by Gasteiger charge is -2.11. The van der Waals surface area contributed by atoms with Crippen LogP contribution < -0.4 is 0 Å². The molecule has 2 aliphatic rings. The number of aliphatic carboxylic acids is 1. The van der Waals surface area contributed by atoms with Crippen molar-refractivity contribution >= 4 is 24.3 Å². The first-order valence-corrected chi connectivity index (χ1v) is 3.92. The third-order valence-electron chi connectivity index (χ3n) is 1.32. The van der Waals surface area contributed by atoms with Gasteiger partial charge in [-0.05, 0) is 0 Å². The van der Waals surface area contributed by atoms with Crippen molar-refractivity contribution in [3.05, 3.63) is 23.3 Å². The number of hydrogen-bond acceptors (Lipinski definition) is 5. The fourth-order valence-electron chi connectivity index (χ4n) is 0.809. The third kappa shape index (κ3) is 1.06. The quantitative estimate of drug-likeness (QED) is 0.609. The molecule has 0 aromatic rings. The lowest BCUT2D eigenvalue weighted by molar-refractivity contribution is -0.135. The second kappa shape index (κ2) is 2.56. The van der Waals surface area contributed by atoms with Gasteiger partial charge < -0.3 is 9.84 Å². The van der Waals surface area contributed by atoms with E-state index in [0.29, 0.717) is 5.88 Å². The van der Waals surface area contributed by atoms with Crippen molar-refractivity contribution in [2.45, 2.75) is 0 Å². The maximum absolute atomic E-state index is 10.4. The highest BCUT2D eigenvalue weighted by atomic mass is 32.2. The van der Waals surface area contributed by atoms with Crippen LogP contribution in [0.15, 0.2) is 27.6 Å². The number of hydrogen-bond donors (Lipinski definition) is 1. The van der Waals surface area contributed by atoms with Crippen molar-refractivity contribution in [2.75, 3.05) is 0 Å². The van der Waals surface area contributed by atoms with E-state index in [1.54, 1.807) is 5.41 Å². The summed E-state index contributed by atoms with van der Waals surface area (Å²) in [5.41, 5.74) is 0. The number of ether oxygens (including phenoxy) is 1. The first kappa shape index (κ1) is 7.23. The summed E-state index contributed by atoms with van der Waals surface area (Å²) in [7, 11) is 0. The minimum Gasteiger partial charge on any atom is -0.475 e. The Bertz CT molecular complexity index is 321. The Hall–Kier alpha value is -1.43. The van der Waals surface area contributed by atoms with Gasteiger partial charge in [-0.2, -0.15) is 0 Å². The average Bonchev–Trinajstić information content (AvgIpc) is 2.46. The predicted octanol–water partition coefficient (Wildman–Crippen LogP) is 0.734. The van der Waals surface area contributed by atoms with Crippen LogP contribution in [-0.4, -0.2) is 22.3 Å². The molecule has 2 rings (SSSR count). The van der Waals surface area contributed by atoms with E-state index in [2.05, 4.69) is 4.40 Å². The standard InChI is InChI=1S/C6H4N2O3S/c9-6(10)4-1-8-3-7-12-2-5(8)11-4/h1-3H,(H,9,10). The Labute approximate surface area is 72.2 Å². The van der Waals surface area contributed by atoms with E-state index in [1.807, 2.05) is 0 Å². The van der Waals surface area contributed by atoms with Crippen LogP contribution in [0.1, 0.15) is 0 Å². The van der Waals surface area contributed by atoms with Gasteiger partial charge in [-0.15, -0.1) is 0 Å². The van der Waals surface area contributed by atoms with Crippen molar-refractivity contribution in [1.82, 2.24) is 4.90 Å². The molecule has 0 amide bonds. The highest BCUT2D eigenvalue weighted by Crippen LogP contribution is 2.26. The topological polar surface area (TPSA) is 62.1 Å². The Morgan fingerprint density at radius 3 is 3.25 bits per heavy atom. The molecule has 0 saturated heterocycles. The minimum absolute atomic E-state index is 0.0878. The zero-order valence-electron chi connectivity index (χ0n) is 5.80. The SMILES string of the molecule is O=C(O)C1=CN2C=NSC=C2O1. The van der Waals surface area contributed by atoms with Crippen molar-refractivity contribution < 1.29 is 14.6 Å². The normalized spacial score (nSPS) is 19.5. The molecule has 0 aromatic heterocycles. The summed E-state index contributed by atoms with van der Waals surface area (Å²) in [6, 6.07) is 0. The van der Waals surface area contributed by atoms with Crippen molar-refractivity contribution in [2.24, 2.45) is 4.40 Å². The average molecular weight is 184 g/mol. The summed E-state index contributed by atoms with van der Waals surface area (Å²) in [6.45, 7) is 0. The highest BCUT2D eigenvalue weighted by Gasteiger charge is 2.25. The molecule has 0 unspecified atom stereocenters. The zero-order chi connectivity index (χ0) is 8.55. The van der Waals surface area contributed by atoms with Gasteiger partial charge >= 0.3 is 5.97 Å². The second-order valence-corrected chi connectivity index (χ2v) is 2.75. The molecule has 0 bridgehead atoms. The van der Waals surface area contributed by atoms with Crippen LogP contribution in [0.4, 0.5) is 0 Å². The summed E-state index contributed by atoms with van der Waals surface area (Å²) < 4.78 is 8.80. The molecular weight excluding hydrogens is 180 g/mol. The summed E-state index contributed by atoms with van der Waals surface area (Å²) in [5, 5.41) is 10.2. The summed E-state index contributed by atoms with van der Waals surface area (Å²) in [6.07, 6.45) is 2.87. The Balaban J connectivity index is 2.25. The fraction of sp³-hybridized carbons (Fsp3) is 0. The smallest absolute Gasteiger partial charge is 0.373 e. The first-order valence-electron chi connectivity index (χ1n) is 3.08. The third-order valence-corrected chi connectivity index (χ3v) is 1.85. The lowest BCUT2D eigenvalue weighted by atomic mass is 10.5. The van der Waals surface area contributed by atoms with Crippen molar-refractivity contribution in [3.63, 3.8) is 0 Å². The molecule has 1 N–H and O–H groups in total. The van der Waals surface area contributed by atoms with E-state index in [-0.39, 0.29) is 5.76 Å². The van der Waals surface area contributed by atoms with Gasteiger partial charge in [0.15, 0.2) is 0 Å². The molecule has 0 atom stereocenters. The van der Waals surface area contributed by atoms with E-state index in [4.69, 9.17) is 9.84 Å². The van der Waals surface area contributed by atoms with E-state index in [9.17, 15) is 4.79 Å². The molecule has 6 heteroatoms. The van der Waals surface area contributed by atoms with E-state index >= 15 is 0 Å². The van der Waals surface area contributed by atoms with Gasteiger partial charge in [0.1, 0.15) is 6.34 Å². The van der Waals surface area contributed by atoms with E-state index in [1.165, 1.54) is 29.4 Å². The molecule has 2 aliphatic heterocycles. The van der Waals surface area contributed by atoms with Gasteiger partial charge in [0.25, 0.3) is 0 Å². The number of fused-ring (bicyclic) bond motifs is 1. The van der Waals surface area contributed by atoms with E-state index < -0.39 is 5.97 Å². The molecular formula is C6H4N2O3S. The molecule has 5 nitrogen and oxygen atoms in total. The molecule has 0 radical (unpaired) electrons. The highest BCUT2D eigenvalue weighted by molar-refractivity contribution is 8.01. The van der Waals surface area contributed by atoms with E-state index in [0.717, 1.165) is 0 Å². The number of rotatable bonds is 1. The minimum atomic E-state index is -1.08. The van der Waals surface area contributed by atoms with Crippen LogP contribution in [0.3, 0.4) is 0 Å². The Morgan fingerprint density at radius 1 is 1.75 bits per heavy atom. The molecule has 0 spiro atoms. The summed E-state index contributed by atoms with van der Waals surface area (Å²) >= 11 is 1.20. The van der Waals surface area contributed by atoms with Gasteiger partial charge in [-0.25, -0.2) is 9.19 Å². The molecule has 62 valence electrons. The lowest BCUT2D eigenvalue weighted by Crippen LogP contribution is -2.11. The molecule has 0 aromatic carbocycles. The van der Waals surface area contributed by atoms with Gasteiger partial charge in [-0.3, -0.25) is 4.90 Å². The van der Waals surface area contributed by atoms with Crippen LogP contribution in [0.2, 0.25) is 0 Å². The van der Waals surface area contributed by atoms with Crippen LogP contribution >= 0.6 is 11.9 Å². The predicted molar refractivity (Wildman–Crippen MR) is 42.8 cm³/mol. The molecule has 0 fully saturated rings. The number of carbonyl (C=O) groups is 1. The Morgan fingerprint density at radius 2 is 2.58 bits per heavy atom. The van der Waals surface area contributed by atoms with Gasteiger partial charge in [0, 0.05) is 11.9 Å². The van der Waals surface area contributed by atoms with Crippen LogP contribution in [0, 0.1) is 0 Å². The maximum atomic E-state index is 10.4. The first-order chi connectivity index (χ1) is 5.77. The van der Waals surface area contributed by atoms with Gasteiger partial charge in [0.2, 0.25) is 11.6 Å². The second-order valence-electron chi connectivity index (χ2n) is 2.09. The Kier molecular flexibility index (Phi) is 1.54. The van der Waals surface area contributed by atoms with Gasteiger partial charge in [-0.1, -0.05) is 0 Å².